The van der Waals surface area contributed by atoms with Crippen LogP contribution in [0.15, 0.2) is 54.6 Å². The average molecular weight is 357 g/mol. The Balaban J connectivity index is 1.65. The number of Topliss-reactive ketones (excluding diaryl/α,β-unsaturated/α-hetero) is 1. The summed E-state index contributed by atoms with van der Waals surface area (Å²) >= 11 is 6.45. The molecule has 1 aliphatic heterocycles. The average Bonchev–Trinajstić information content (AvgIpc) is 2.67. The Morgan fingerprint density at radius 3 is 2.40 bits per heavy atom. The van der Waals surface area contributed by atoms with Crippen molar-refractivity contribution in [3.63, 3.8) is 0 Å². The molecule has 0 amide bonds. The molecule has 2 aromatic carbocycles. The summed E-state index contributed by atoms with van der Waals surface area (Å²) in [5.74, 6) is 0.122. The van der Waals surface area contributed by atoms with Crippen LogP contribution < -0.4 is 5.32 Å². The van der Waals surface area contributed by atoms with E-state index in [4.69, 9.17) is 11.6 Å². The maximum Gasteiger partial charge on any atom is 0.176 e. The molecule has 1 atom stereocenters. The van der Waals surface area contributed by atoms with Gasteiger partial charge < -0.3 is 5.32 Å². The van der Waals surface area contributed by atoms with E-state index in [-0.39, 0.29) is 11.8 Å². The van der Waals surface area contributed by atoms with E-state index in [1.165, 1.54) is 19.3 Å². The van der Waals surface area contributed by atoms with Crippen molar-refractivity contribution in [1.82, 2.24) is 10.2 Å². The Morgan fingerprint density at radius 2 is 1.68 bits per heavy atom. The smallest absolute Gasteiger partial charge is 0.176 e. The molecular weight excluding hydrogens is 332 g/mol. The fourth-order valence-electron chi connectivity index (χ4n) is 3.46. The lowest BCUT2D eigenvalue weighted by molar-refractivity contribution is 0.0984. The number of hydrogen-bond acceptors (Lipinski definition) is 3. The summed E-state index contributed by atoms with van der Waals surface area (Å²) in [7, 11) is 0. The van der Waals surface area contributed by atoms with Crippen molar-refractivity contribution in [2.75, 3.05) is 26.2 Å². The molecule has 0 spiro atoms. The van der Waals surface area contributed by atoms with E-state index >= 15 is 0 Å². The molecule has 132 valence electrons. The second-order valence-electron chi connectivity index (χ2n) is 6.55. The van der Waals surface area contributed by atoms with E-state index in [1.54, 1.807) is 0 Å². The predicted molar refractivity (Wildman–Crippen MR) is 103 cm³/mol. The Bertz CT molecular complexity index is 683. The lowest BCUT2D eigenvalue weighted by atomic mass is 10.0. The standard InChI is InChI=1S/C21H25ClN2O/c22-19-12-6-5-11-18(19)20(24-13-7-2-8-14-24)15-23-16-21(25)17-9-3-1-4-10-17/h1,3-6,9-12,20,23H,2,7-8,13-16H2. The molecule has 1 N–H and O–H groups in total. The number of piperidine rings is 1. The van der Waals surface area contributed by atoms with Crippen LogP contribution >= 0.6 is 11.6 Å². The van der Waals surface area contributed by atoms with Gasteiger partial charge in [-0.15, -0.1) is 0 Å². The fraction of sp³-hybridized carbons (Fsp3) is 0.381. The monoisotopic (exact) mass is 356 g/mol. The zero-order valence-corrected chi connectivity index (χ0v) is 15.2. The highest BCUT2D eigenvalue weighted by molar-refractivity contribution is 6.31. The third kappa shape index (κ3) is 4.91. The van der Waals surface area contributed by atoms with E-state index in [9.17, 15) is 4.79 Å². The maximum atomic E-state index is 12.3. The Morgan fingerprint density at radius 1 is 1.00 bits per heavy atom. The Kier molecular flexibility index (Phi) is 6.62. The molecule has 1 heterocycles. The first kappa shape index (κ1) is 18.1. The van der Waals surface area contributed by atoms with Crippen LogP contribution in [-0.4, -0.2) is 36.9 Å². The van der Waals surface area contributed by atoms with Gasteiger partial charge in [0, 0.05) is 23.2 Å². The van der Waals surface area contributed by atoms with Gasteiger partial charge in [-0.25, -0.2) is 0 Å². The number of nitrogens with one attached hydrogen (secondary N) is 1. The number of carbonyl (C=O) groups is 1. The van der Waals surface area contributed by atoms with Gasteiger partial charge in [-0.2, -0.15) is 0 Å². The Labute approximate surface area is 155 Å². The molecule has 0 radical (unpaired) electrons. The number of nitrogens with zero attached hydrogens (tertiary/aromatic N) is 1. The summed E-state index contributed by atoms with van der Waals surface area (Å²) in [6, 6.07) is 17.7. The molecule has 1 saturated heterocycles. The molecule has 0 saturated carbocycles. The highest BCUT2D eigenvalue weighted by Gasteiger charge is 2.23. The van der Waals surface area contributed by atoms with Crippen LogP contribution in [0.25, 0.3) is 0 Å². The van der Waals surface area contributed by atoms with Gasteiger partial charge >= 0.3 is 0 Å². The number of halogens is 1. The van der Waals surface area contributed by atoms with Crippen molar-refractivity contribution in [2.45, 2.75) is 25.3 Å². The fourth-order valence-corrected chi connectivity index (χ4v) is 3.72. The summed E-state index contributed by atoms with van der Waals surface area (Å²) in [5, 5.41) is 4.16. The van der Waals surface area contributed by atoms with Crippen molar-refractivity contribution < 1.29 is 4.79 Å². The molecule has 1 fully saturated rings. The number of hydrogen-bond donors (Lipinski definition) is 1. The number of rotatable bonds is 7. The highest BCUT2D eigenvalue weighted by atomic mass is 35.5. The maximum absolute atomic E-state index is 12.3. The van der Waals surface area contributed by atoms with E-state index < -0.39 is 0 Å². The summed E-state index contributed by atoms with van der Waals surface area (Å²) in [6.45, 7) is 3.25. The van der Waals surface area contributed by atoms with E-state index in [0.29, 0.717) is 6.54 Å². The molecule has 0 aromatic heterocycles. The van der Waals surface area contributed by atoms with Crippen LogP contribution in [0.5, 0.6) is 0 Å². The number of carbonyl (C=O) groups excluding carboxylic acids is 1. The van der Waals surface area contributed by atoms with Gasteiger partial charge in [-0.1, -0.05) is 66.6 Å². The van der Waals surface area contributed by atoms with Crippen LogP contribution in [0.2, 0.25) is 5.02 Å². The van der Waals surface area contributed by atoms with E-state index in [1.807, 2.05) is 48.5 Å². The summed E-state index contributed by atoms with van der Waals surface area (Å²) in [4.78, 5) is 14.8. The largest absolute Gasteiger partial charge is 0.308 e. The second-order valence-corrected chi connectivity index (χ2v) is 6.96. The first-order chi connectivity index (χ1) is 12.3. The first-order valence-electron chi connectivity index (χ1n) is 9.03. The molecule has 0 bridgehead atoms. The summed E-state index contributed by atoms with van der Waals surface area (Å²) in [5.41, 5.74) is 1.90. The molecule has 0 aliphatic carbocycles. The normalized spacial score (nSPS) is 16.5. The van der Waals surface area contributed by atoms with Crippen molar-refractivity contribution in [2.24, 2.45) is 0 Å². The minimum Gasteiger partial charge on any atom is -0.308 e. The van der Waals surface area contributed by atoms with Gasteiger partial charge in [0.2, 0.25) is 0 Å². The second kappa shape index (κ2) is 9.14. The zero-order chi connectivity index (χ0) is 17.5. The van der Waals surface area contributed by atoms with E-state index in [2.05, 4.69) is 16.3 Å². The van der Waals surface area contributed by atoms with Crippen LogP contribution in [0.1, 0.15) is 41.2 Å². The Hall–Kier alpha value is -1.68. The van der Waals surface area contributed by atoms with Crippen LogP contribution in [-0.2, 0) is 0 Å². The van der Waals surface area contributed by atoms with Crippen molar-refractivity contribution in [3.8, 4) is 0 Å². The number of likely N-dealkylation sites (tertiary alicyclic amines) is 1. The lowest BCUT2D eigenvalue weighted by Gasteiger charge is -2.35. The van der Waals surface area contributed by atoms with Gasteiger partial charge in [-0.05, 0) is 37.6 Å². The topological polar surface area (TPSA) is 32.3 Å². The van der Waals surface area contributed by atoms with Gasteiger partial charge in [0.05, 0.1) is 6.54 Å². The molecule has 4 heteroatoms. The summed E-state index contributed by atoms with van der Waals surface area (Å²) in [6.07, 6.45) is 3.75. The van der Waals surface area contributed by atoms with Gasteiger partial charge in [-0.3, -0.25) is 9.69 Å². The molecule has 1 aliphatic rings. The van der Waals surface area contributed by atoms with Crippen LogP contribution in [0, 0.1) is 0 Å². The van der Waals surface area contributed by atoms with Crippen LogP contribution in [0.3, 0.4) is 0 Å². The zero-order valence-electron chi connectivity index (χ0n) is 14.5. The minimum absolute atomic E-state index is 0.122. The number of ketones is 1. The molecule has 3 nitrogen and oxygen atoms in total. The SMILES string of the molecule is O=C(CNCC(c1ccccc1Cl)N1CCCCC1)c1ccccc1. The minimum atomic E-state index is 0.122. The molecule has 25 heavy (non-hydrogen) atoms. The molecule has 2 aromatic rings. The van der Waals surface area contributed by atoms with Crippen molar-refractivity contribution in [1.29, 1.82) is 0 Å². The highest BCUT2D eigenvalue weighted by Crippen LogP contribution is 2.29. The van der Waals surface area contributed by atoms with E-state index in [0.717, 1.165) is 35.8 Å². The molecule has 1 unspecified atom stereocenters. The van der Waals surface area contributed by atoms with Crippen LogP contribution in [0.4, 0.5) is 0 Å². The summed E-state index contributed by atoms with van der Waals surface area (Å²) < 4.78 is 0. The van der Waals surface area contributed by atoms with Crippen molar-refractivity contribution >= 4 is 17.4 Å². The lowest BCUT2D eigenvalue weighted by Crippen LogP contribution is -2.40. The van der Waals surface area contributed by atoms with Gasteiger partial charge in [0.15, 0.2) is 5.78 Å². The predicted octanol–water partition coefficient (Wildman–Crippen LogP) is 4.34. The first-order valence-corrected chi connectivity index (χ1v) is 9.41. The van der Waals surface area contributed by atoms with Gasteiger partial charge in [0.1, 0.15) is 0 Å². The molecule has 3 rings (SSSR count). The van der Waals surface area contributed by atoms with Crippen molar-refractivity contribution in [3.05, 3.63) is 70.7 Å². The number of benzene rings is 2. The third-order valence-corrected chi connectivity index (χ3v) is 5.16. The quantitative estimate of drug-likeness (QED) is 0.749. The van der Waals surface area contributed by atoms with Gasteiger partial charge in [0.25, 0.3) is 0 Å². The third-order valence-electron chi connectivity index (χ3n) is 4.81. The molecular formula is C21H25ClN2O.